The summed E-state index contributed by atoms with van der Waals surface area (Å²) in [5.74, 6) is 3.20. The lowest BCUT2D eigenvalue weighted by atomic mass is 10.1. The van der Waals surface area contributed by atoms with E-state index in [0.717, 1.165) is 37.7 Å². The lowest BCUT2D eigenvalue weighted by molar-refractivity contribution is 0.600. The van der Waals surface area contributed by atoms with Crippen LogP contribution in [0.4, 0.5) is 0 Å². The predicted octanol–water partition coefficient (Wildman–Crippen LogP) is 3.08. The van der Waals surface area contributed by atoms with Gasteiger partial charge in [-0.25, -0.2) is 4.98 Å². The Bertz CT molecular complexity index is 677. The molecule has 2 heterocycles. The van der Waals surface area contributed by atoms with Crippen molar-refractivity contribution in [2.75, 3.05) is 19.3 Å². The number of nitrogens with zero attached hydrogens (tertiary/aromatic N) is 3. The Labute approximate surface area is 160 Å². The number of aliphatic imine (C=N–C) groups is 1. The van der Waals surface area contributed by atoms with Crippen LogP contribution in [0.3, 0.4) is 0 Å². The van der Waals surface area contributed by atoms with Crippen LogP contribution in [0.15, 0.2) is 47.7 Å². The van der Waals surface area contributed by atoms with Crippen LogP contribution in [0.2, 0.25) is 0 Å². The van der Waals surface area contributed by atoms with Gasteiger partial charge >= 0.3 is 0 Å². The molecule has 26 heavy (non-hydrogen) atoms. The summed E-state index contributed by atoms with van der Waals surface area (Å²) in [5, 5.41) is 7.55. The van der Waals surface area contributed by atoms with Crippen molar-refractivity contribution in [3.05, 3.63) is 54.1 Å². The van der Waals surface area contributed by atoms with E-state index in [9.17, 15) is 0 Å². The van der Waals surface area contributed by atoms with Gasteiger partial charge in [-0.05, 0) is 37.0 Å². The Morgan fingerprint density at radius 2 is 2.19 bits per heavy atom. The van der Waals surface area contributed by atoms with Crippen LogP contribution in [0.5, 0.6) is 0 Å². The minimum absolute atomic E-state index is 0.690. The van der Waals surface area contributed by atoms with E-state index >= 15 is 0 Å². The highest BCUT2D eigenvalue weighted by molar-refractivity contribution is 8.00. The zero-order valence-electron chi connectivity index (χ0n) is 15.5. The number of nitrogens with one attached hydrogen (secondary N) is 2. The summed E-state index contributed by atoms with van der Waals surface area (Å²) in [6.45, 7) is 2.66. The van der Waals surface area contributed by atoms with E-state index in [1.54, 1.807) is 0 Å². The van der Waals surface area contributed by atoms with E-state index in [1.165, 1.54) is 24.2 Å². The minimum atomic E-state index is 0.690. The van der Waals surface area contributed by atoms with Gasteiger partial charge in [-0.3, -0.25) is 4.99 Å². The number of rotatable bonds is 8. The van der Waals surface area contributed by atoms with Crippen LogP contribution in [0.25, 0.3) is 0 Å². The Hall–Kier alpha value is -1.95. The maximum absolute atomic E-state index is 4.50. The van der Waals surface area contributed by atoms with Gasteiger partial charge in [0, 0.05) is 37.8 Å². The number of thioether (sulfide) groups is 1. The van der Waals surface area contributed by atoms with Crippen molar-refractivity contribution in [3.63, 3.8) is 0 Å². The van der Waals surface area contributed by atoms with Crippen LogP contribution < -0.4 is 10.6 Å². The summed E-state index contributed by atoms with van der Waals surface area (Å²) in [6.07, 6.45) is 8.79. The van der Waals surface area contributed by atoms with Gasteiger partial charge in [0.1, 0.15) is 5.82 Å². The lowest BCUT2D eigenvalue weighted by Crippen LogP contribution is -2.40. The fourth-order valence-electron chi connectivity index (χ4n) is 3.21. The molecule has 1 unspecified atom stereocenters. The molecule has 1 aromatic heterocycles. The van der Waals surface area contributed by atoms with Crippen molar-refractivity contribution in [2.24, 2.45) is 4.99 Å². The molecule has 0 bridgehead atoms. The van der Waals surface area contributed by atoms with Crippen molar-refractivity contribution in [1.82, 2.24) is 20.2 Å². The van der Waals surface area contributed by atoms with Crippen molar-refractivity contribution >= 4 is 17.7 Å². The SMILES string of the molecule is CN=C(NCc1nccn1CCCc1ccccc1)NCC1CCCS1. The Morgan fingerprint density at radius 1 is 1.31 bits per heavy atom. The lowest BCUT2D eigenvalue weighted by Gasteiger charge is -2.15. The molecule has 0 saturated carbocycles. The minimum Gasteiger partial charge on any atom is -0.355 e. The molecule has 1 atom stereocenters. The first-order valence-electron chi connectivity index (χ1n) is 9.45. The second-order valence-corrected chi connectivity index (χ2v) is 7.98. The summed E-state index contributed by atoms with van der Waals surface area (Å²) in [4.78, 5) is 8.83. The molecule has 0 aliphatic carbocycles. The molecule has 2 N–H and O–H groups in total. The van der Waals surface area contributed by atoms with Gasteiger partial charge in [0.15, 0.2) is 5.96 Å². The maximum Gasteiger partial charge on any atom is 0.191 e. The van der Waals surface area contributed by atoms with Crippen LogP contribution in [0, 0.1) is 0 Å². The van der Waals surface area contributed by atoms with Gasteiger partial charge in [0.05, 0.1) is 6.54 Å². The second-order valence-electron chi connectivity index (χ2n) is 6.57. The highest BCUT2D eigenvalue weighted by Gasteiger charge is 2.15. The molecule has 140 valence electrons. The zero-order chi connectivity index (χ0) is 18.0. The molecule has 1 saturated heterocycles. The summed E-state index contributed by atoms with van der Waals surface area (Å²) in [7, 11) is 1.82. The first-order chi connectivity index (χ1) is 12.8. The van der Waals surface area contributed by atoms with E-state index in [-0.39, 0.29) is 0 Å². The van der Waals surface area contributed by atoms with E-state index in [1.807, 2.05) is 13.2 Å². The van der Waals surface area contributed by atoms with Crippen LogP contribution in [-0.4, -0.2) is 40.1 Å². The van der Waals surface area contributed by atoms with Crippen molar-refractivity contribution in [2.45, 2.75) is 44.0 Å². The smallest absolute Gasteiger partial charge is 0.191 e. The molecule has 0 amide bonds. The van der Waals surface area contributed by atoms with Crippen molar-refractivity contribution in [3.8, 4) is 0 Å². The van der Waals surface area contributed by atoms with E-state index in [4.69, 9.17) is 0 Å². The average molecular weight is 372 g/mol. The van der Waals surface area contributed by atoms with Crippen molar-refractivity contribution in [1.29, 1.82) is 0 Å². The molecule has 3 rings (SSSR count). The summed E-state index contributed by atoms with van der Waals surface area (Å²) < 4.78 is 2.23. The third-order valence-electron chi connectivity index (χ3n) is 4.67. The third kappa shape index (κ3) is 5.80. The molecule has 1 aliphatic rings. The Morgan fingerprint density at radius 3 is 2.96 bits per heavy atom. The number of guanidine groups is 1. The van der Waals surface area contributed by atoms with Gasteiger partial charge in [0.25, 0.3) is 0 Å². The molecular weight excluding hydrogens is 342 g/mol. The van der Waals surface area contributed by atoms with Gasteiger partial charge in [-0.2, -0.15) is 11.8 Å². The van der Waals surface area contributed by atoms with Crippen molar-refractivity contribution < 1.29 is 0 Å². The van der Waals surface area contributed by atoms with Crippen LogP contribution >= 0.6 is 11.8 Å². The fraction of sp³-hybridized carbons (Fsp3) is 0.500. The zero-order valence-corrected chi connectivity index (χ0v) is 16.3. The summed E-state index contributed by atoms with van der Waals surface area (Å²) in [6, 6.07) is 10.6. The standard InChI is InChI=1S/C20H29N5S/c1-21-20(23-15-18-10-6-14-26-18)24-16-19-22-11-13-25(19)12-5-9-17-7-3-2-4-8-17/h2-4,7-8,11,13,18H,5-6,9-10,12,14-16H2,1H3,(H2,21,23,24). The number of aromatic nitrogens is 2. The molecular formula is C20H29N5S. The maximum atomic E-state index is 4.50. The van der Waals surface area contributed by atoms with Gasteiger partial charge < -0.3 is 15.2 Å². The molecule has 6 heteroatoms. The Balaban J connectivity index is 1.42. The average Bonchev–Trinajstić information content (AvgIpc) is 3.35. The number of aryl methyl sites for hydroxylation is 2. The van der Waals surface area contributed by atoms with E-state index in [0.29, 0.717) is 11.8 Å². The molecule has 5 nitrogen and oxygen atoms in total. The van der Waals surface area contributed by atoms with Crippen LogP contribution in [-0.2, 0) is 19.5 Å². The van der Waals surface area contributed by atoms with E-state index < -0.39 is 0 Å². The first-order valence-corrected chi connectivity index (χ1v) is 10.5. The van der Waals surface area contributed by atoms with Gasteiger partial charge in [0.2, 0.25) is 0 Å². The van der Waals surface area contributed by atoms with Gasteiger partial charge in [-0.1, -0.05) is 30.3 Å². The van der Waals surface area contributed by atoms with E-state index in [2.05, 4.69) is 73.5 Å². The highest BCUT2D eigenvalue weighted by Crippen LogP contribution is 2.25. The third-order valence-corrected chi connectivity index (χ3v) is 6.07. The highest BCUT2D eigenvalue weighted by atomic mass is 32.2. The molecule has 1 aromatic carbocycles. The normalized spacial score (nSPS) is 17.4. The number of imidazole rings is 1. The largest absolute Gasteiger partial charge is 0.355 e. The van der Waals surface area contributed by atoms with Gasteiger partial charge in [-0.15, -0.1) is 0 Å². The molecule has 0 spiro atoms. The Kier molecular flexibility index (Phi) is 7.43. The predicted molar refractivity (Wildman–Crippen MR) is 111 cm³/mol. The summed E-state index contributed by atoms with van der Waals surface area (Å²) in [5.41, 5.74) is 1.39. The quantitative estimate of drug-likeness (QED) is 0.553. The first kappa shape index (κ1) is 18.8. The molecule has 0 radical (unpaired) electrons. The molecule has 1 fully saturated rings. The molecule has 2 aromatic rings. The topological polar surface area (TPSA) is 54.2 Å². The number of hydrogen-bond donors (Lipinski definition) is 2. The number of benzene rings is 1. The fourth-order valence-corrected chi connectivity index (χ4v) is 4.41. The monoisotopic (exact) mass is 371 g/mol. The van der Waals surface area contributed by atoms with Crippen LogP contribution in [0.1, 0.15) is 30.7 Å². The summed E-state index contributed by atoms with van der Waals surface area (Å²) >= 11 is 2.06. The second kappa shape index (κ2) is 10.3. The number of hydrogen-bond acceptors (Lipinski definition) is 3. The molecule has 1 aliphatic heterocycles.